The maximum absolute atomic E-state index is 13.7. The minimum Gasteiger partial charge on any atom is -0.324 e. The van der Waals surface area contributed by atoms with E-state index in [1.54, 1.807) is 12.4 Å². The van der Waals surface area contributed by atoms with Crippen molar-refractivity contribution in [2.45, 2.75) is 45.2 Å². The van der Waals surface area contributed by atoms with Gasteiger partial charge in [0.25, 0.3) is 0 Å². The Balaban J connectivity index is 1.79. The highest BCUT2D eigenvalue weighted by atomic mass is 19.1. The van der Waals surface area contributed by atoms with Crippen LogP contribution in [0.15, 0.2) is 79.1 Å². The van der Waals surface area contributed by atoms with Crippen LogP contribution in [0.3, 0.4) is 0 Å². The van der Waals surface area contributed by atoms with Crippen molar-refractivity contribution in [3.63, 3.8) is 0 Å². The number of hydrogen-bond acceptors (Lipinski definition) is 3. The van der Waals surface area contributed by atoms with Gasteiger partial charge in [0, 0.05) is 29.1 Å². The van der Waals surface area contributed by atoms with E-state index in [1.165, 1.54) is 17.7 Å². The van der Waals surface area contributed by atoms with Crippen LogP contribution < -0.4 is 5.73 Å². The molecule has 0 aliphatic heterocycles. The molecule has 0 unspecified atom stereocenters. The first-order chi connectivity index (χ1) is 15.4. The summed E-state index contributed by atoms with van der Waals surface area (Å²) in [5, 5.41) is 5.02. The number of benzene rings is 2. The average molecular weight is 429 g/mol. The molecule has 0 saturated heterocycles. The molecule has 2 N–H and O–H groups in total. The fourth-order valence-corrected chi connectivity index (χ4v) is 4.01. The molecule has 164 valence electrons. The number of halogens is 1. The van der Waals surface area contributed by atoms with Gasteiger partial charge in [0.15, 0.2) is 0 Å². The fraction of sp³-hybridized carbons (Fsp3) is 0.259. The van der Waals surface area contributed by atoms with E-state index < -0.39 is 5.54 Å². The van der Waals surface area contributed by atoms with Gasteiger partial charge in [0.2, 0.25) is 0 Å². The number of rotatable bonds is 8. The Morgan fingerprint density at radius 1 is 0.875 bits per heavy atom. The molecule has 2 aromatic heterocycles. The SMILES string of the molecule is CC(C)(N)Cn1nc(CCCc2ccccc2)c(-c2ccncc2)c1-c1ccc(F)cc1. The van der Waals surface area contributed by atoms with Crippen molar-refractivity contribution in [1.82, 2.24) is 14.8 Å². The van der Waals surface area contributed by atoms with Gasteiger partial charge in [-0.25, -0.2) is 4.39 Å². The van der Waals surface area contributed by atoms with Crippen molar-refractivity contribution in [2.75, 3.05) is 0 Å². The van der Waals surface area contributed by atoms with Crippen LogP contribution in [0, 0.1) is 5.82 Å². The zero-order chi connectivity index (χ0) is 22.6. The lowest BCUT2D eigenvalue weighted by molar-refractivity contribution is 0.409. The van der Waals surface area contributed by atoms with Crippen LogP contribution in [-0.4, -0.2) is 20.3 Å². The van der Waals surface area contributed by atoms with E-state index in [0.29, 0.717) is 6.54 Å². The molecule has 4 rings (SSSR count). The summed E-state index contributed by atoms with van der Waals surface area (Å²) in [5.41, 5.74) is 12.3. The lowest BCUT2D eigenvalue weighted by Gasteiger charge is -2.20. The number of nitrogens with two attached hydrogens (primary N) is 1. The highest BCUT2D eigenvalue weighted by Crippen LogP contribution is 2.36. The molecular formula is C27H29FN4. The average Bonchev–Trinajstić information content (AvgIpc) is 3.12. The minimum absolute atomic E-state index is 0.257. The summed E-state index contributed by atoms with van der Waals surface area (Å²) in [7, 11) is 0. The van der Waals surface area contributed by atoms with Gasteiger partial charge in [-0.3, -0.25) is 9.67 Å². The van der Waals surface area contributed by atoms with Crippen LogP contribution in [0.25, 0.3) is 22.4 Å². The predicted octanol–water partition coefficient (Wildman–Crippen LogP) is 5.66. The maximum Gasteiger partial charge on any atom is 0.123 e. The van der Waals surface area contributed by atoms with Gasteiger partial charge in [-0.2, -0.15) is 5.10 Å². The molecule has 0 fully saturated rings. The second-order valence-electron chi connectivity index (χ2n) is 8.90. The van der Waals surface area contributed by atoms with Crippen LogP contribution >= 0.6 is 0 Å². The summed E-state index contributed by atoms with van der Waals surface area (Å²) in [4.78, 5) is 4.19. The van der Waals surface area contributed by atoms with Crippen molar-refractivity contribution < 1.29 is 4.39 Å². The van der Waals surface area contributed by atoms with Gasteiger partial charge >= 0.3 is 0 Å². The van der Waals surface area contributed by atoms with Gasteiger partial charge in [-0.15, -0.1) is 0 Å². The molecule has 0 radical (unpaired) electrons. The van der Waals surface area contributed by atoms with E-state index >= 15 is 0 Å². The molecular weight excluding hydrogens is 399 g/mol. The maximum atomic E-state index is 13.7. The largest absolute Gasteiger partial charge is 0.324 e. The zero-order valence-corrected chi connectivity index (χ0v) is 18.6. The van der Waals surface area contributed by atoms with Crippen LogP contribution in [0.2, 0.25) is 0 Å². The van der Waals surface area contributed by atoms with Crippen molar-refractivity contribution >= 4 is 0 Å². The van der Waals surface area contributed by atoms with E-state index in [4.69, 9.17) is 10.8 Å². The van der Waals surface area contributed by atoms with Crippen LogP contribution in [0.5, 0.6) is 0 Å². The van der Waals surface area contributed by atoms with Crippen molar-refractivity contribution in [1.29, 1.82) is 0 Å². The molecule has 0 bridgehead atoms. The molecule has 0 spiro atoms. The normalized spacial score (nSPS) is 11.6. The minimum atomic E-state index is -0.447. The third-order valence-electron chi connectivity index (χ3n) is 5.39. The van der Waals surface area contributed by atoms with Crippen molar-refractivity contribution in [2.24, 2.45) is 5.73 Å². The molecule has 32 heavy (non-hydrogen) atoms. The van der Waals surface area contributed by atoms with Gasteiger partial charge in [0.1, 0.15) is 5.82 Å². The van der Waals surface area contributed by atoms with E-state index in [-0.39, 0.29) is 5.82 Å². The third-order valence-corrected chi connectivity index (χ3v) is 5.39. The zero-order valence-electron chi connectivity index (χ0n) is 18.6. The smallest absolute Gasteiger partial charge is 0.123 e. The summed E-state index contributed by atoms with van der Waals surface area (Å²) in [6, 6.07) is 21.1. The highest BCUT2D eigenvalue weighted by molar-refractivity contribution is 5.83. The fourth-order valence-electron chi connectivity index (χ4n) is 4.01. The Labute approximate surface area is 188 Å². The standard InChI is InChI=1S/C27H29FN4/c1-27(2,29)19-32-26(22-11-13-23(28)14-12-22)25(21-15-17-30-18-16-21)24(31-32)10-6-9-20-7-4-3-5-8-20/h3-5,7-8,11-18H,6,9-10,19,29H2,1-2H3. The highest BCUT2D eigenvalue weighted by Gasteiger charge is 2.24. The van der Waals surface area contributed by atoms with Gasteiger partial charge in [0.05, 0.1) is 17.9 Å². The predicted molar refractivity (Wildman–Crippen MR) is 128 cm³/mol. The Morgan fingerprint density at radius 3 is 2.22 bits per heavy atom. The molecule has 2 heterocycles. The second-order valence-corrected chi connectivity index (χ2v) is 8.90. The molecule has 2 aromatic carbocycles. The monoisotopic (exact) mass is 428 g/mol. The lowest BCUT2D eigenvalue weighted by atomic mass is 9.96. The Morgan fingerprint density at radius 2 is 1.56 bits per heavy atom. The Bertz CT molecular complexity index is 1140. The quantitative estimate of drug-likeness (QED) is 0.394. The molecule has 0 atom stereocenters. The third kappa shape index (κ3) is 5.29. The summed E-state index contributed by atoms with van der Waals surface area (Å²) in [5.74, 6) is -0.257. The molecule has 4 aromatic rings. The summed E-state index contributed by atoms with van der Waals surface area (Å²) < 4.78 is 15.7. The van der Waals surface area contributed by atoms with E-state index in [0.717, 1.165) is 47.3 Å². The molecule has 0 saturated carbocycles. The number of aryl methyl sites for hydroxylation is 2. The number of aromatic nitrogens is 3. The summed E-state index contributed by atoms with van der Waals surface area (Å²) in [6.45, 7) is 4.53. The van der Waals surface area contributed by atoms with Crippen LogP contribution in [0.1, 0.15) is 31.5 Å². The first kappa shape index (κ1) is 21.9. The van der Waals surface area contributed by atoms with Gasteiger partial charge in [-0.1, -0.05) is 30.3 Å². The number of pyridine rings is 1. The van der Waals surface area contributed by atoms with Crippen LogP contribution in [-0.2, 0) is 19.4 Å². The van der Waals surface area contributed by atoms with E-state index in [2.05, 4.69) is 29.2 Å². The second kappa shape index (κ2) is 9.45. The molecule has 4 nitrogen and oxygen atoms in total. The van der Waals surface area contributed by atoms with E-state index in [9.17, 15) is 4.39 Å². The van der Waals surface area contributed by atoms with Crippen molar-refractivity contribution in [3.8, 4) is 22.4 Å². The topological polar surface area (TPSA) is 56.7 Å². The molecule has 0 amide bonds. The van der Waals surface area contributed by atoms with Gasteiger partial charge < -0.3 is 5.73 Å². The Hall–Kier alpha value is -3.31. The molecule has 5 heteroatoms. The first-order valence-corrected chi connectivity index (χ1v) is 11.0. The number of nitrogens with zero attached hydrogens (tertiary/aromatic N) is 3. The summed E-state index contributed by atoms with van der Waals surface area (Å²) in [6.07, 6.45) is 6.38. The van der Waals surface area contributed by atoms with Crippen molar-refractivity contribution in [3.05, 3.63) is 96.2 Å². The summed E-state index contributed by atoms with van der Waals surface area (Å²) >= 11 is 0. The van der Waals surface area contributed by atoms with Gasteiger partial charge in [-0.05, 0) is 80.6 Å². The lowest BCUT2D eigenvalue weighted by Crippen LogP contribution is -2.37. The molecule has 0 aliphatic rings. The number of hydrogen-bond donors (Lipinski definition) is 1. The molecule has 0 aliphatic carbocycles. The first-order valence-electron chi connectivity index (χ1n) is 11.0. The Kier molecular flexibility index (Phi) is 6.47. The van der Waals surface area contributed by atoms with E-state index in [1.807, 2.05) is 48.9 Å². The van der Waals surface area contributed by atoms with Crippen LogP contribution in [0.4, 0.5) is 4.39 Å².